The number of hydrogen-bond acceptors (Lipinski definition) is 9. The van der Waals surface area contributed by atoms with E-state index in [9.17, 15) is 35.4 Å². The smallest absolute Gasteiger partial charge is 0.249 e. The fourth-order valence-corrected chi connectivity index (χ4v) is 6.51. The lowest BCUT2D eigenvalue weighted by Gasteiger charge is -2.40. The molecule has 0 aliphatic carbocycles. The number of aliphatic hydroxyl groups excluding tert-OH is 6. The average Bonchev–Trinajstić information content (AvgIpc) is 3.11. The summed E-state index contributed by atoms with van der Waals surface area (Å²) in [5, 5.41) is 64.3. The second-order valence-electron chi connectivity index (χ2n) is 14.6. The third-order valence-electron chi connectivity index (χ3n) is 9.97. The number of ether oxygens (including phenoxy) is 2. The van der Waals surface area contributed by atoms with Crippen LogP contribution >= 0.6 is 0 Å². The molecule has 8 atom stereocenters. The topological polar surface area (TPSA) is 169 Å². The van der Waals surface area contributed by atoms with Gasteiger partial charge in [0.15, 0.2) is 6.29 Å². The first kappa shape index (κ1) is 46.9. The summed E-state index contributed by atoms with van der Waals surface area (Å²) in [5.41, 5.74) is 0. The number of aliphatic hydroxyl groups is 6. The van der Waals surface area contributed by atoms with Crippen LogP contribution in [0.3, 0.4) is 0 Å². The molecule has 0 aromatic heterocycles. The minimum atomic E-state index is -1.60. The van der Waals surface area contributed by atoms with Gasteiger partial charge in [-0.3, -0.25) is 4.79 Å². The van der Waals surface area contributed by atoms with Crippen LogP contribution < -0.4 is 5.32 Å². The summed E-state index contributed by atoms with van der Waals surface area (Å²) >= 11 is 0. The highest BCUT2D eigenvalue weighted by atomic mass is 16.7. The Morgan fingerprint density at radius 2 is 1.14 bits per heavy atom. The number of rotatable bonds is 33. The normalized spacial score (nSPS) is 22.9. The van der Waals surface area contributed by atoms with Crippen molar-refractivity contribution in [3.8, 4) is 0 Å². The van der Waals surface area contributed by atoms with E-state index in [0.717, 1.165) is 44.9 Å². The highest BCUT2D eigenvalue weighted by Gasteiger charge is 2.44. The molecule has 1 aliphatic heterocycles. The van der Waals surface area contributed by atoms with E-state index in [-0.39, 0.29) is 6.61 Å². The van der Waals surface area contributed by atoms with Crippen LogP contribution in [0.5, 0.6) is 0 Å². The second kappa shape index (κ2) is 31.4. The van der Waals surface area contributed by atoms with E-state index in [0.29, 0.717) is 6.42 Å². The molecule has 296 valence electrons. The molecule has 1 amide bonds. The summed E-state index contributed by atoms with van der Waals surface area (Å²) in [6, 6.07) is -0.972. The molecule has 0 spiro atoms. The van der Waals surface area contributed by atoms with Gasteiger partial charge in [-0.25, -0.2) is 0 Å². The monoisotopic (exact) mass is 716 g/mol. The van der Waals surface area contributed by atoms with Crippen molar-refractivity contribution in [1.29, 1.82) is 0 Å². The molecule has 0 aromatic rings. The van der Waals surface area contributed by atoms with Gasteiger partial charge in [-0.15, -0.1) is 0 Å². The fourth-order valence-electron chi connectivity index (χ4n) is 6.51. The van der Waals surface area contributed by atoms with Gasteiger partial charge in [-0.05, 0) is 19.3 Å². The number of carbonyl (C=O) groups is 1. The number of nitrogens with one attached hydrogen (secondary N) is 1. The van der Waals surface area contributed by atoms with Gasteiger partial charge in [-0.2, -0.15) is 0 Å². The average molecular weight is 716 g/mol. The number of allylic oxidation sites excluding steroid dienone is 1. The van der Waals surface area contributed by atoms with Crippen molar-refractivity contribution in [3.63, 3.8) is 0 Å². The van der Waals surface area contributed by atoms with Gasteiger partial charge < -0.3 is 45.4 Å². The molecular weight excluding hydrogens is 638 g/mol. The number of amides is 1. The van der Waals surface area contributed by atoms with E-state index < -0.39 is 61.5 Å². The number of carbonyl (C=O) groups excluding carboxylic acids is 1. The molecule has 50 heavy (non-hydrogen) atoms. The third kappa shape index (κ3) is 22.1. The Balaban J connectivity index is 2.49. The third-order valence-corrected chi connectivity index (χ3v) is 9.97. The largest absolute Gasteiger partial charge is 0.394 e. The van der Waals surface area contributed by atoms with Crippen LogP contribution in [0.1, 0.15) is 174 Å². The van der Waals surface area contributed by atoms with Crippen molar-refractivity contribution in [2.45, 2.75) is 223 Å². The standard InChI is InChI=1S/C40H77NO9/c1-3-5-7-9-11-13-15-16-17-18-19-21-22-24-26-28-33(43)32(31-49-40-38(47)37(46)36(45)35(30-42)50-40)41-39(48)34(44)29-27-25-23-20-14-12-10-8-6-4-2/h26,28,32-38,40,42-47H,3-25,27,29-31H2,1-2H3,(H,41,48)/b28-26+. The lowest BCUT2D eigenvalue weighted by atomic mass is 9.99. The van der Waals surface area contributed by atoms with Crippen molar-refractivity contribution >= 4 is 5.91 Å². The van der Waals surface area contributed by atoms with E-state index in [1.807, 2.05) is 6.08 Å². The maximum atomic E-state index is 12.9. The highest BCUT2D eigenvalue weighted by molar-refractivity contribution is 5.80. The Kier molecular flexibility index (Phi) is 29.5. The zero-order valence-corrected chi connectivity index (χ0v) is 31.8. The van der Waals surface area contributed by atoms with Gasteiger partial charge in [0.25, 0.3) is 0 Å². The highest BCUT2D eigenvalue weighted by Crippen LogP contribution is 2.22. The lowest BCUT2D eigenvalue weighted by Crippen LogP contribution is -2.60. The van der Waals surface area contributed by atoms with Crippen LogP contribution in [0.15, 0.2) is 12.2 Å². The van der Waals surface area contributed by atoms with Gasteiger partial charge >= 0.3 is 0 Å². The minimum absolute atomic E-state index is 0.302. The van der Waals surface area contributed by atoms with E-state index in [4.69, 9.17) is 9.47 Å². The molecule has 1 fully saturated rings. The maximum absolute atomic E-state index is 12.9. The molecule has 8 unspecified atom stereocenters. The zero-order chi connectivity index (χ0) is 36.8. The second-order valence-corrected chi connectivity index (χ2v) is 14.6. The Morgan fingerprint density at radius 1 is 0.680 bits per heavy atom. The Bertz CT molecular complexity index is 814. The molecule has 10 nitrogen and oxygen atoms in total. The van der Waals surface area contributed by atoms with Crippen molar-refractivity contribution < 1.29 is 44.9 Å². The molecule has 7 N–H and O–H groups in total. The number of hydrogen-bond donors (Lipinski definition) is 7. The molecule has 10 heteroatoms. The van der Waals surface area contributed by atoms with Crippen molar-refractivity contribution in [1.82, 2.24) is 5.32 Å². The van der Waals surface area contributed by atoms with E-state index in [2.05, 4.69) is 19.2 Å². The molecule has 0 aromatic carbocycles. The summed E-state index contributed by atoms with van der Waals surface area (Å²) in [7, 11) is 0. The Labute approximate surface area is 304 Å². The molecule has 0 radical (unpaired) electrons. The van der Waals surface area contributed by atoms with E-state index >= 15 is 0 Å². The number of unbranched alkanes of at least 4 members (excludes halogenated alkanes) is 22. The minimum Gasteiger partial charge on any atom is -0.394 e. The predicted molar refractivity (Wildman–Crippen MR) is 200 cm³/mol. The van der Waals surface area contributed by atoms with Crippen molar-refractivity contribution in [3.05, 3.63) is 12.2 Å². The predicted octanol–water partition coefficient (Wildman–Crippen LogP) is 6.36. The first-order chi connectivity index (χ1) is 24.3. The van der Waals surface area contributed by atoms with Gasteiger partial charge in [0, 0.05) is 0 Å². The van der Waals surface area contributed by atoms with Crippen LogP contribution in [0.2, 0.25) is 0 Å². The van der Waals surface area contributed by atoms with Gasteiger partial charge in [0.05, 0.1) is 25.4 Å². The first-order valence-corrected chi connectivity index (χ1v) is 20.5. The molecular formula is C40H77NO9. The van der Waals surface area contributed by atoms with Crippen LogP contribution in [0, 0.1) is 0 Å². The molecule has 0 bridgehead atoms. The van der Waals surface area contributed by atoms with E-state index in [1.165, 1.54) is 109 Å². The molecule has 1 heterocycles. The maximum Gasteiger partial charge on any atom is 0.249 e. The van der Waals surface area contributed by atoms with Crippen LogP contribution in [0.4, 0.5) is 0 Å². The van der Waals surface area contributed by atoms with Gasteiger partial charge in [0.2, 0.25) is 5.91 Å². The summed E-state index contributed by atoms with van der Waals surface area (Å²) < 4.78 is 11.1. The molecule has 0 saturated carbocycles. The molecule has 1 saturated heterocycles. The summed E-state index contributed by atoms with van der Waals surface area (Å²) in [6.07, 6.45) is 23.0. The Morgan fingerprint density at radius 3 is 1.62 bits per heavy atom. The van der Waals surface area contributed by atoms with Crippen LogP contribution in [-0.4, -0.2) is 98.7 Å². The Hall–Kier alpha value is -1.11. The van der Waals surface area contributed by atoms with Crippen LogP contribution in [0.25, 0.3) is 0 Å². The van der Waals surface area contributed by atoms with Crippen molar-refractivity contribution in [2.24, 2.45) is 0 Å². The lowest BCUT2D eigenvalue weighted by molar-refractivity contribution is -0.302. The molecule has 1 rings (SSSR count). The molecule has 1 aliphatic rings. The van der Waals surface area contributed by atoms with Crippen LogP contribution in [-0.2, 0) is 14.3 Å². The summed E-state index contributed by atoms with van der Waals surface area (Å²) in [4.78, 5) is 12.9. The SMILES string of the molecule is CCCCCCCCCCCCCCC/C=C/C(O)C(COC1OC(CO)C(O)C(O)C1O)NC(=O)C(O)CCCCCCCCCCCC. The zero-order valence-electron chi connectivity index (χ0n) is 31.8. The fraction of sp³-hybridized carbons (Fsp3) is 0.925. The van der Waals surface area contributed by atoms with E-state index in [1.54, 1.807) is 6.08 Å². The van der Waals surface area contributed by atoms with Gasteiger partial charge in [0.1, 0.15) is 30.5 Å². The quantitative estimate of drug-likeness (QED) is 0.0302. The summed E-state index contributed by atoms with van der Waals surface area (Å²) in [5.74, 6) is -0.618. The summed E-state index contributed by atoms with van der Waals surface area (Å²) in [6.45, 7) is 3.57. The van der Waals surface area contributed by atoms with Gasteiger partial charge in [-0.1, -0.05) is 167 Å². The van der Waals surface area contributed by atoms with Crippen molar-refractivity contribution in [2.75, 3.05) is 13.2 Å². The first-order valence-electron chi connectivity index (χ1n) is 20.5.